The largest absolute Gasteiger partial charge is 0.387 e. The number of pyridine rings is 1. The molecule has 1 aromatic rings. The van der Waals surface area contributed by atoms with Gasteiger partial charge in [-0.3, -0.25) is 0 Å². The van der Waals surface area contributed by atoms with Gasteiger partial charge in [-0.05, 0) is 18.6 Å². The summed E-state index contributed by atoms with van der Waals surface area (Å²) in [6.07, 6.45) is 0.944. The van der Waals surface area contributed by atoms with Crippen molar-refractivity contribution >= 4 is 5.82 Å². The van der Waals surface area contributed by atoms with E-state index in [0.717, 1.165) is 5.56 Å². The number of nitrogens with two attached hydrogens (primary N) is 2. The highest BCUT2D eigenvalue weighted by molar-refractivity contribution is 5.42. The molecule has 1 atom stereocenters. The standard InChI is InChI=1S/C8H13N3O/c1-5-2-6(7(12)3-9)8(10)11-4-5/h2,4,7,12H,3,9H2,1H3,(H2,10,11). The van der Waals surface area contributed by atoms with E-state index in [1.807, 2.05) is 6.92 Å². The Morgan fingerprint density at radius 2 is 2.33 bits per heavy atom. The lowest BCUT2D eigenvalue weighted by atomic mass is 10.1. The lowest BCUT2D eigenvalue weighted by Crippen LogP contribution is -2.14. The third kappa shape index (κ3) is 1.72. The van der Waals surface area contributed by atoms with E-state index >= 15 is 0 Å². The van der Waals surface area contributed by atoms with Gasteiger partial charge in [0.15, 0.2) is 0 Å². The van der Waals surface area contributed by atoms with Crippen molar-refractivity contribution in [3.63, 3.8) is 0 Å². The first-order valence-electron chi connectivity index (χ1n) is 3.75. The molecule has 0 aliphatic rings. The molecule has 66 valence electrons. The second-order valence-corrected chi connectivity index (χ2v) is 2.74. The molecule has 0 bridgehead atoms. The van der Waals surface area contributed by atoms with Gasteiger partial charge in [-0.2, -0.15) is 0 Å². The number of aliphatic hydroxyl groups is 1. The van der Waals surface area contributed by atoms with Crippen LogP contribution < -0.4 is 11.5 Å². The van der Waals surface area contributed by atoms with E-state index in [2.05, 4.69) is 4.98 Å². The summed E-state index contributed by atoms with van der Waals surface area (Å²) in [6.45, 7) is 2.05. The summed E-state index contributed by atoms with van der Waals surface area (Å²) in [6, 6.07) is 1.79. The Morgan fingerprint density at radius 3 is 2.92 bits per heavy atom. The monoisotopic (exact) mass is 167 g/mol. The van der Waals surface area contributed by atoms with E-state index in [4.69, 9.17) is 11.5 Å². The molecule has 5 N–H and O–H groups in total. The van der Waals surface area contributed by atoms with Crippen LogP contribution in [0.3, 0.4) is 0 Å². The van der Waals surface area contributed by atoms with E-state index in [-0.39, 0.29) is 6.54 Å². The molecule has 1 rings (SSSR count). The fourth-order valence-corrected chi connectivity index (χ4v) is 0.996. The highest BCUT2D eigenvalue weighted by Gasteiger charge is 2.09. The zero-order valence-corrected chi connectivity index (χ0v) is 6.99. The summed E-state index contributed by atoms with van der Waals surface area (Å²) in [5.41, 5.74) is 12.4. The van der Waals surface area contributed by atoms with E-state index < -0.39 is 6.10 Å². The molecule has 0 aliphatic heterocycles. The molecule has 0 fully saturated rings. The summed E-state index contributed by atoms with van der Waals surface area (Å²) in [5.74, 6) is 0.346. The van der Waals surface area contributed by atoms with Crippen molar-refractivity contribution in [3.8, 4) is 0 Å². The Morgan fingerprint density at radius 1 is 1.67 bits per heavy atom. The maximum absolute atomic E-state index is 9.39. The van der Waals surface area contributed by atoms with Gasteiger partial charge < -0.3 is 16.6 Å². The topological polar surface area (TPSA) is 85.2 Å². The number of nitrogen functional groups attached to an aromatic ring is 1. The van der Waals surface area contributed by atoms with Crippen LogP contribution >= 0.6 is 0 Å². The molecule has 0 aliphatic carbocycles. The molecule has 1 unspecified atom stereocenters. The molecule has 0 aromatic carbocycles. The lowest BCUT2D eigenvalue weighted by Gasteiger charge is -2.10. The summed E-state index contributed by atoms with van der Waals surface area (Å²) < 4.78 is 0. The van der Waals surface area contributed by atoms with Gasteiger partial charge in [0, 0.05) is 18.3 Å². The zero-order valence-electron chi connectivity index (χ0n) is 6.99. The Kier molecular flexibility index (Phi) is 2.62. The SMILES string of the molecule is Cc1cnc(N)c(C(O)CN)c1. The minimum absolute atomic E-state index is 0.162. The molecule has 1 aromatic heterocycles. The molecule has 4 nitrogen and oxygen atoms in total. The lowest BCUT2D eigenvalue weighted by molar-refractivity contribution is 0.187. The number of aromatic nitrogens is 1. The van der Waals surface area contributed by atoms with Crippen molar-refractivity contribution in [1.29, 1.82) is 0 Å². The quantitative estimate of drug-likeness (QED) is 0.577. The normalized spacial score (nSPS) is 12.9. The summed E-state index contributed by atoms with van der Waals surface area (Å²) >= 11 is 0. The number of rotatable bonds is 2. The fourth-order valence-electron chi connectivity index (χ4n) is 0.996. The van der Waals surface area contributed by atoms with Crippen LogP contribution in [0.2, 0.25) is 0 Å². The second kappa shape index (κ2) is 3.51. The molecule has 0 saturated heterocycles. The van der Waals surface area contributed by atoms with Crippen LogP contribution in [0.5, 0.6) is 0 Å². The molecule has 1 heterocycles. The highest BCUT2D eigenvalue weighted by Crippen LogP contribution is 2.17. The second-order valence-electron chi connectivity index (χ2n) is 2.74. The Hall–Kier alpha value is -1.13. The van der Waals surface area contributed by atoms with Gasteiger partial charge in [0.1, 0.15) is 5.82 Å². The fraction of sp³-hybridized carbons (Fsp3) is 0.375. The predicted molar refractivity (Wildman–Crippen MR) is 47.4 cm³/mol. The van der Waals surface area contributed by atoms with Gasteiger partial charge in [0.25, 0.3) is 0 Å². The maximum Gasteiger partial charge on any atom is 0.129 e. The number of aliphatic hydroxyl groups excluding tert-OH is 1. The first-order chi connectivity index (χ1) is 5.65. The smallest absolute Gasteiger partial charge is 0.129 e. The third-order valence-electron chi connectivity index (χ3n) is 1.67. The summed E-state index contributed by atoms with van der Waals surface area (Å²) in [4.78, 5) is 3.91. The average Bonchev–Trinajstić information content (AvgIpc) is 2.08. The van der Waals surface area contributed by atoms with Crippen molar-refractivity contribution in [1.82, 2.24) is 4.98 Å². The Labute approximate surface area is 71.2 Å². The minimum Gasteiger partial charge on any atom is -0.387 e. The third-order valence-corrected chi connectivity index (χ3v) is 1.67. The van der Waals surface area contributed by atoms with E-state index in [0.29, 0.717) is 11.4 Å². The van der Waals surface area contributed by atoms with Crippen LogP contribution in [0.25, 0.3) is 0 Å². The average molecular weight is 167 g/mol. The minimum atomic E-state index is -0.711. The van der Waals surface area contributed by atoms with Crippen molar-refractivity contribution < 1.29 is 5.11 Å². The molecule has 0 spiro atoms. The van der Waals surface area contributed by atoms with E-state index in [1.54, 1.807) is 12.3 Å². The van der Waals surface area contributed by atoms with Gasteiger partial charge in [-0.1, -0.05) is 0 Å². The molecular weight excluding hydrogens is 154 g/mol. The van der Waals surface area contributed by atoms with E-state index in [1.165, 1.54) is 0 Å². The van der Waals surface area contributed by atoms with Crippen molar-refractivity contribution in [3.05, 3.63) is 23.4 Å². The van der Waals surface area contributed by atoms with Crippen molar-refractivity contribution in [2.75, 3.05) is 12.3 Å². The van der Waals surface area contributed by atoms with Crippen LogP contribution in [-0.4, -0.2) is 16.6 Å². The molecule has 0 saturated carbocycles. The van der Waals surface area contributed by atoms with E-state index in [9.17, 15) is 5.11 Å². The number of aryl methyl sites for hydroxylation is 1. The first-order valence-corrected chi connectivity index (χ1v) is 3.75. The number of hydrogen-bond donors (Lipinski definition) is 3. The number of hydrogen-bond acceptors (Lipinski definition) is 4. The summed E-state index contributed by atoms with van der Waals surface area (Å²) in [7, 11) is 0. The molecule has 12 heavy (non-hydrogen) atoms. The highest BCUT2D eigenvalue weighted by atomic mass is 16.3. The van der Waals surface area contributed by atoms with Crippen LogP contribution in [-0.2, 0) is 0 Å². The van der Waals surface area contributed by atoms with Gasteiger partial charge in [-0.15, -0.1) is 0 Å². The molecule has 4 heteroatoms. The van der Waals surface area contributed by atoms with Crippen LogP contribution in [0.4, 0.5) is 5.82 Å². The Bertz CT molecular complexity index is 275. The maximum atomic E-state index is 9.39. The van der Waals surface area contributed by atoms with Gasteiger partial charge in [0.2, 0.25) is 0 Å². The molecule has 0 radical (unpaired) electrons. The number of anilines is 1. The first kappa shape index (κ1) is 8.96. The van der Waals surface area contributed by atoms with Gasteiger partial charge >= 0.3 is 0 Å². The summed E-state index contributed by atoms with van der Waals surface area (Å²) in [5, 5.41) is 9.39. The Balaban J connectivity index is 3.04. The predicted octanol–water partition coefficient (Wildman–Crippen LogP) is -0.0357. The number of nitrogens with zero attached hydrogens (tertiary/aromatic N) is 1. The van der Waals surface area contributed by atoms with Crippen LogP contribution in [0, 0.1) is 6.92 Å². The van der Waals surface area contributed by atoms with Crippen molar-refractivity contribution in [2.45, 2.75) is 13.0 Å². The van der Waals surface area contributed by atoms with Crippen molar-refractivity contribution in [2.24, 2.45) is 5.73 Å². The molecular formula is C8H13N3O. The van der Waals surface area contributed by atoms with Gasteiger partial charge in [-0.25, -0.2) is 4.98 Å². The molecule has 0 amide bonds. The zero-order chi connectivity index (χ0) is 9.14. The van der Waals surface area contributed by atoms with Crippen LogP contribution in [0.15, 0.2) is 12.3 Å². The van der Waals surface area contributed by atoms with Gasteiger partial charge in [0.05, 0.1) is 6.10 Å². The van der Waals surface area contributed by atoms with Crippen LogP contribution in [0.1, 0.15) is 17.2 Å².